The molecule has 0 amide bonds. The Labute approximate surface area is 91.9 Å². The molecule has 0 aliphatic rings. The Morgan fingerprint density at radius 3 is 2.07 bits per heavy atom. The van der Waals surface area contributed by atoms with Crippen molar-refractivity contribution in [2.24, 2.45) is 0 Å². The van der Waals surface area contributed by atoms with Crippen LogP contribution in [-0.4, -0.2) is 5.12 Å². The molecule has 14 heavy (non-hydrogen) atoms. The van der Waals surface area contributed by atoms with Crippen LogP contribution in [0, 0.1) is 0 Å². The van der Waals surface area contributed by atoms with E-state index in [4.69, 9.17) is 0 Å². The number of carbonyl (C=O) groups excluding carboxylic acids is 1. The highest BCUT2D eigenvalue weighted by atomic mass is 32.1. The molecule has 0 aromatic heterocycles. The van der Waals surface area contributed by atoms with Gasteiger partial charge in [0, 0.05) is 5.56 Å². The summed E-state index contributed by atoms with van der Waals surface area (Å²) >= 11 is 3.77. The summed E-state index contributed by atoms with van der Waals surface area (Å²) in [6.45, 7) is 6.27. The number of thiol groups is 1. The predicted octanol–water partition coefficient (Wildman–Crippen LogP) is 3.74. The van der Waals surface area contributed by atoms with Crippen molar-refractivity contribution in [1.29, 1.82) is 0 Å². The third-order valence-corrected chi connectivity index (χ3v) is 1.87. The molecule has 78 valence electrons. The van der Waals surface area contributed by atoms with E-state index in [1.165, 1.54) is 6.42 Å². The van der Waals surface area contributed by atoms with Gasteiger partial charge in [0.2, 0.25) is 5.12 Å². The van der Waals surface area contributed by atoms with Crippen LogP contribution in [0.4, 0.5) is 0 Å². The molecule has 0 saturated carbocycles. The maximum absolute atomic E-state index is 10.9. The average molecular weight is 210 g/mol. The Hall–Kier alpha value is -0.760. The number of benzene rings is 1. The minimum absolute atomic E-state index is 0.151. The SMILES string of the molecule is CCC.CCc1ccccc1C(=O)S. The first-order valence-electron chi connectivity index (χ1n) is 4.98. The zero-order chi connectivity index (χ0) is 11.0. The van der Waals surface area contributed by atoms with Crippen molar-refractivity contribution in [1.82, 2.24) is 0 Å². The van der Waals surface area contributed by atoms with Crippen LogP contribution in [0.2, 0.25) is 0 Å². The van der Waals surface area contributed by atoms with E-state index >= 15 is 0 Å². The second kappa shape index (κ2) is 7.63. The van der Waals surface area contributed by atoms with Crippen molar-refractivity contribution in [3.8, 4) is 0 Å². The van der Waals surface area contributed by atoms with Crippen molar-refractivity contribution >= 4 is 17.7 Å². The summed E-state index contributed by atoms with van der Waals surface area (Å²) in [7, 11) is 0. The summed E-state index contributed by atoms with van der Waals surface area (Å²) in [5.74, 6) is 0. The molecular weight excluding hydrogens is 192 g/mol. The number of hydrogen-bond acceptors (Lipinski definition) is 1. The van der Waals surface area contributed by atoms with E-state index in [0.717, 1.165) is 17.5 Å². The van der Waals surface area contributed by atoms with Crippen LogP contribution in [-0.2, 0) is 6.42 Å². The fourth-order valence-corrected chi connectivity index (χ4v) is 1.26. The molecular formula is C12H18OS. The Morgan fingerprint density at radius 1 is 1.21 bits per heavy atom. The summed E-state index contributed by atoms with van der Waals surface area (Å²) in [6.07, 6.45) is 2.13. The second-order valence-corrected chi connectivity index (χ2v) is 3.43. The predicted molar refractivity (Wildman–Crippen MR) is 65.1 cm³/mol. The van der Waals surface area contributed by atoms with Gasteiger partial charge in [0.05, 0.1) is 0 Å². The maximum Gasteiger partial charge on any atom is 0.216 e. The van der Waals surface area contributed by atoms with Gasteiger partial charge in [0.25, 0.3) is 0 Å². The van der Waals surface area contributed by atoms with Crippen LogP contribution in [0.1, 0.15) is 43.1 Å². The first-order valence-corrected chi connectivity index (χ1v) is 5.43. The Balaban J connectivity index is 0.000000500. The van der Waals surface area contributed by atoms with Gasteiger partial charge in [-0.25, -0.2) is 0 Å². The molecule has 0 atom stereocenters. The summed E-state index contributed by atoms with van der Waals surface area (Å²) in [5.41, 5.74) is 1.78. The smallest absolute Gasteiger partial charge is 0.216 e. The molecule has 0 heterocycles. The molecule has 0 fully saturated rings. The summed E-state index contributed by atoms with van der Waals surface area (Å²) in [6, 6.07) is 7.53. The molecule has 0 N–H and O–H groups in total. The van der Waals surface area contributed by atoms with Gasteiger partial charge in [-0.15, -0.1) is 12.6 Å². The summed E-state index contributed by atoms with van der Waals surface area (Å²) < 4.78 is 0. The largest absolute Gasteiger partial charge is 0.282 e. The lowest BCUT2D eigenvalue weighted by Gasteiger charge is -2.00. The van der Waals surface area contributed by atoms with E-state index < -0.39 is 0 Å². The lowest BCUT2D eigenvalue weighted by atomic mass is 10.1. The van der Waals surface area contributed by atoms with Crippen LogP contribution in [0.15, 0.2) is 24.3 Å². The summed E-state index contributed by atoms with van der Waals surface area (Å²) in [4.78, 5) is 10.9. The first kappa shape index (κ1) is 13.2. The van der Waals surface area contributed by atoms with Gasteiger partial charge >= 0.3 is 0 Å². The van der Waals surface area contributed by atoms with Crippen LogP contribution in [0.25, 0.3) is 0 Å². The van der Waals surface area contributed by atoms with Gasteiger partial charge in [0.15, 0.2) is 0 Å². The maximum atomic E-state index is 10.9. The molecule has 0 saturated heterocycles. The molecule has 0 spiro atoms. The fourth-order valence-electron chi connectivity index (χ4n) is 1.04. The molecule has 0 unspecified atom stereocenters. The zero-order valence-corrected chi connectivity index (χ0v) is 9.97. The number of carbonyl (C=O) groups is 1. The van der Waals surface area contributed by atoms with Crippen LogP contribution < -0.4 is 0 Å². The normalized spacial score (nSPS) is 8.86. The van der Waals surface area contributed by atoms with Gasteiger partial charge in [-0.1, -0.05) is 51.5 Å². The quantitative estimate of drug-likeness (QED) is 0.736. The van der Waals surface area contributed by atoms with E-state index in [1.54, 1.807) is 6.07 Å². The number of rotatable bonds is 2. The van der Waals surface area contributed by atoms with Gasteiger partial charge in [-0.2, -0.15) is 0 Å². The van der Waals surface area contributed by atoms with Crippen molar-refractivity contribution in [3.05, 3.63) is 35.4 Å². The number of aryl methyl sites for hydroxylation is 1. The second-order valence-electron chi connectivity index (χ2n) is 3.02. The minimum atomic E-state index is -0.151. The molecule has 0 radical (unpaired) electrons. The van der Waals surface area contributed by atoms with Crippen molar-refractivity contribution < 1.29 is 4.79 Å². The first-order chi connectivity index (χ1) is 6.67. The van der Waals surface area contributed by atoms with Crippen LogP contribution in [0.3, 0.4) is 0 Å². The third kappa shape index (κ3) is 4.47. The standard InChI is InChI=1S/C9H10OS.C3H8/c1-2-7-5-3-4-6-8(7)9(10)11;1-3-2/h3-6H,2H2,1H3,(H,10,11);3H2,1-2H3. The zero-order valence-electron chi connectivity index (χ0n) is 9.08. The molecule has 0 aliphatic heterocycles. The molecule has 0 bridgehead atoms. The molecule has 1 aromatic carbocycles. The van der Waals surface area contributed by atoms with Crippen molar-refractivity contribution in [2.45, 2.75) is 33.6 Å². The highest BCUT2D eigenvalue weighted by Gasteiger charge is 2.03. The monoisotopic (exact) mass is 210 g/mol. The van der Waals surface area contributed by atoms with Gasteiger partial charge < -0.3 is 0 Å². The molecule has 1 aromatic rings. The average Bonchev–Trinajstić information content (AvgIpc) is 2.19. The Bertz CT molecular complexity index is 281. The van der Waals surface area contributed by atoms with Crippen LogP contribution >= 0.6 is 12.6 Å². The van der Waals surface area contributed by atoms with Crippen LogP contribution in [0.5, 0.6) is 0 Å². The topological polar surface area (TPSA) is 17.1 Å². The van der Waals surface area contributed by atoms with Crippen molar-refractivity contribution in [2.75, 3.05) is 0 Å². The summed E-state index contributed by atoms with van der Waals surface area (Å²) in [5, 5.41) is -0.151. The lowest BCUT2D eigenvalue weighted by molar-refractivity contribution is 0.109. The Morgan fingerprint density at radius 2 is 1.71 bits per heavy atom. The van der Waals surface area contributed by atoms with E-state index in [2.05, 4.69) is 26.5 Å². The lowest BCUT2D eigenvalue weighted by Crippen LogP contribution is -1.94. The van der Waals surface area contributed by atoms with E-state index in [1.807, 2.05) is 25.1 Å². The van der Waals surface area contributed by atoms with E-state index in [0.29, 0.717) is 0 Å². The fraction of sp³-hybridized carbons (Fsp3) is 0.417. The van der Waals surface area contributed by atoms with Gasteiger partial charge in [-0.05, 0) is 12.0 Å². The molecule has 2 heteroatoms. The minimum Gasteiger partial charge on any atom is -0.282 e. The third-order valence-electron chi connectivity index (χ3n) is 1.63. The highest BCUT2D eigenvalue weighted by molar-refractivity contribution is 7.97. The molecule has 0 aliphatic carbocycles. The molecule has 1 nitrogen and oxygen atoms in total. The highest BCUT2D eigenvalue weighted by Crippen LogP contribution is 2.11. The van der Waals surface area contributed by atoms with Gasteiger partial charge in [-0.3, -0.25) is 4.79 Å². The molecule has 1 rings (SSSR count). The van der Waals surface area contributed by atoms with E-state index in [9.17, 15) is 4.79 Å². The Kier molecular flexibility index (Phi) is 7.21. The van der Waals surface area contributed by atoms with Crippen molar-refractivity contribution in [3.63, 3.8) is 0 Å². The van der Waals surface area contributed by atoms with E-state index in [-0.39, 0.29) is 5.12 Å². The van der Waals surface area contributed by atoms with Gasteiger partial charge in [0.1, 0.15) is 0 Å². The number of hydrogen-bond donors (Lipinski definition) is 1.